The van der Waals surface area contributed by atoms with Crippen LogP contribution in [0.15, 0.2) is 36.5 Å². The zero-order chi connectivity index (χ0) is 14.1. The highest BCUT2D eigenvalue weighted by atomic mass is 16.1. The standard InChI is InChI=1S/C15H16N4O/c16-13-8-19-14(6-12(13)15(17)20)18-7-10-5-9-3-1-2-4-11(9)10/h1-4,6,8,10H,5,7,16H2,(H2,17,20)(H,18,19). The summed E-state index contributed by atoms with van der Waals surface area (Å²) in [6, 6.07) is 10.0. The average molecular weight is 268 g/mol. The van der Waals surface area contributed by atoms with Crippen LogP contribution in [0, 0.1) is 0 Å². The van der Waals surface area contributed by atoms with Crippen LogP contribution in [-0.2, 0) is 6.42 Å². The molecule has 20 heavy (non-hydrogen) atoms. The SMILES string of the molecule is NC(=O)c1cc(NCC2Cc3ccccc32)ncc1N. The molecule has 0 radical (unpaired) electrons. The first-order chi connectivity index (χ1) is 9.65. The first-order valence-electron chi connectivity index (χ1n) is 6.52. The molecular weight excluding hydrogens is 252 g/mol. The van der Waals surface area contributed by atoms with Crippen LogP contribution in [0.1, 0.15) is 27.4 Å². The van der Waals surface area contributed by atoms with Crippen molar-refractivity contribution in [2.45, 2.75) is 12.3 Å². The number of carbonyl (C=O) groups excluding carboxylic acids is 1. The molecule has 1 aliphatic carbocycles. The Morgan fingerprint density at radius 2 is 2.20 bits per heavy atom. The van der Waals surface area contributed by atoms with Gasteiger partial charge in [0.1, 0.15) is 5.82 Å². The number of primary amides is 1. The predicted octanol–water partition coefficient (Wildman–Crippen LogP) is 1.51. The quantitative estimate of drug-likeness (QED) is 0.783. The van der Waals surface area contributed by atoms with Gasteiger partial charge in [-0.25, -0.2) is 4.98 Å². The summed E-state index contributed by atoms with van der Waals surface area (Å²) < 4.78 is 0. The number of rotatable bonds is 4. The van der Waals surface area contributed by atoms with Gasteiger partial charge in [-0.1, -0.05) is 24.3 Å². The number of anilines is 2. The minimum absolute atomic E-state index is 0.302. The van der Waals surface area contributed by atoms with Crippen LogP contribution in [0.25, 0.3) is 0 Å². The van der Waals surface area contributed by atoms with Gasteiger partial charge < -0.3 is 16.8 Å². The van der Waals surface area contributed by atoms with Crippen molar-refractivity contribution in [1.82, 2.24) is 4.98 Å². The number of pyridine rings is 1. The van der Waals surface area contributed by atoms with Gasteiger partial charge in [-0.15, -0.1) is 0 Å². The fourth-order valence-electron chi connectivity index (χ4n) is 2.55. The molecule has 1 aromatic carbocycles. The van der Waals surface area contributed by atoms with E-state index < -0.39 is 5.91 Å². The van der Waals surface area contributed by atoms with E-state index in [2.05, 4.69) is 34.6 Å². The molecule has 0 spiro atoms. The Morgan fingerprint density at radius 1 is 1.40 bits per heavy atom. The third kappa shape index (κ3) is 2.18. The van der Waals surface area contributed by atoms with Crippen LogP contribution in [0.2, 0.25) is 0 Å². The Morgan fingerprint density at radius 3 is 2.95 bits per heavy atom. The number of hydrogen-bond donors (Lipinski definition) is 3. The van der Waals surface area contributed by atoms with Gasteiger partial charge in [0, 0.05) is 12.5 Å². The van der Waals surface area contributed by atoms with Gasteiger partial charge in [0.15, 0.2) is 0 Å². The van der Waals surface area contributed by atoms with Crippen LogP contribution in [0.4, 0.5) is 11.5 Å². The molecule has 5 N–H and O–H groups in total. The molecule has 1 unspecified atom stereocenters. The lowest BCUT2D eigenvalue weighted by atomic mass is 9.77. The Balaban J connectivity index is 1.68. The van der Waals surface area contributed by atoms with Gasteiger partial charge in [-0.05, 0) is 23.6 Å². The fourth-order valence-corrected chi connectivity index (χ4v) is 2.55. The van der Waals surface area contributed by atoms with E-state index in [1.54, 1.807) is 6.07 Å². The van der Waals surface area contributed by atoms with Crippen molar-refractivity contribution in [2.75, 3.05) is 17.6 Å². The lowest BCUT2D eigenvalue weighted by Gasteiger charge is -2.30. The molecule has 0 saturated heterocycles. The number of nitrogens with two attached hydrogens (primary N) is 2. The van der Waals surface area contributed by atoms with E-state index in [4.69, 9.17) is 11.5 Å². The van der Waals surface area contributed by atoms with Crippen LogP contribution in [-0.4, -0.2) is 17.4 Å². The summed E-state index contributed by atoms with van der Waals surface area (Å²) in [6.45, 7) is 0.784. The molecule has 1 heterocycles. The Kier molecular flexibility index (Phi) is 3.02. The van der Waals surface area contributed by atoms with E-state index in [0.29, 0.717) is 23.0 Å². The number of benzene rings is 1. The van der Waals surface area contributed by atoms with Crippen LogP contribution in [0.3, 0.4) is 0 Å². The highest BCUT2D eigenvalue weighted by molar-refractivity contribution is 5.98. The van der Waals surface area contributed by atoms with Gasteiger partial charge in [0.05, 0.1) is 17.4 Å². The molecule has 2 aromatic rings. The summed E-state index contributed by atoms with van der Waals surface area (Å²) in [7, 11) is 0. The molecule has 1 aliphatic rings. The van der Waals surface area contributed by atoms with Gasteiger partial charge in [0.25, 0.3) is 5.91 Å². The molecule has 3 rings (SSSR count). The third-order valence-electron chi connectivity index (χ3n) is 3.69. The van der Waals surface area contributed by atoms with Crippen molar-refractivity contribution in [3.63, 3.8) is 0 Å². The molecule has 0 aliphatic heterocycles. The smallest absolute Gasteiger partial charge is 0.250 e. The summed E-state index contributed by atoms with van der Waals surface area (Å²) in [4.78, 5) is 15.4. The van der Waals surface area contributed by atoms with Gasteiger partial charge >= 0.3 is 0 Å². The van der Waals surface area contributed by atoms with E-state index in [1.807, 2.05) is 0 Å². The lowest BCUT2D eigenvalue weighted by molar-refractivity contribution is 0.100. The van der Waals surface area contributed by atoms with Crippen molar-refractivity contribution in [2.24, 2.45) is 5.73 Å². The van der Waals surface area contributed by atoms with Gasteiger partial charge in [-0.2, -0.15) is 0 Å². The lowest BCUT2D eigenvalue weighted by Crippen LogP contribution is -2.24. The number of nitrogens with zero attached hydrogens (tertiary/aromatic N) is 1. The average Bonchev–Trinajstić information content (AvgIpc) is 2.41. The van der Waals surface area contributed by atoms with Crippen molar-refractivity contribution in [3.05, 3.63) is 53.2 Å². The zero-order valence-electron chi connectivity index (χ0n) is 11.0. The summed E-state index contributed by atoms with van der Waals surface area (Å²) >= 11 is 0. The third-order valence-corrected chi connectivity index (χ3v) is 3.69. The van der Waals surface area contributed by atoms with E-state index in [9.17, 15) is 4.79 Å². The normalized spacial score (nSPS) is 16.1. The Labute approximate surface area is 117 Å². The largest absolute Gasteiger partial charge is 0.397 e. The summed E-state index contributed by atoms with van der Waals surface area (Å²) in [5.74, 6) is 0.571. The highest BCUT2D eigenvalue weighted by Gasteiger charge is 2.25. The van der Waals surface area contributed by atoms with Gasteiger partial charge in [-0.3, -0.25) is 4.79 Å². The molecular formula is C15H16N4O. The molecule has 0 bridgehead atoms. The van der Waals surface area contributed by atoms with Crippen molar-refractivity contribution >= 4 is 17.4 Å². The van der Waals surface area contributed by atoms with Crippen molar-refractivity contribution < 1.29 is 4.79 Å². The number of fused-ring (bicyclic) bond motifs is 1. The fraction of sp³-hybridized carbons (Fsp3) is 0.200. The molecule has 0 saturated carbocycles. The van der Waals surface area contributed by atoms with Crippen molar-refractivity contribution in [3.8, 4) is 0 Å². The summed E-state index contributed by atoms with van der Waals surface area (Å²) in [6.07, 6.45) is 2.53. The van der Waals surface area contributed by atoms with Crippen LogP contribution in [0.5, 0.6) is 0 Å². The highest BCUT2D eigenvalue weighted by Crippen LogP contribution is 2.34. The topological polar surface area (TPSA) is 94.0 Å². The number of amides is 1. The molecule has 1 aromatic heterocycles. The molecule has 5 heteroatoms. The second-order valence-electron chi connectivity index (χ2n) is 5.00. The van der Waals surface area contributed by atoms with E-state index >= 15 is 0 Å². The number of carbonyl (C=O) groups is 1. The zero-order valence-corrected chi connectivity index (χ0v) is 11.0. The first-order valence-corrected chi connectivity index (χ1v) is 6.52. The van der Waals surface area contributed by atoms with E-state index in [-0.39, 0.29) is 0 Å². The molecule has 102 valence electrons. The maximum Gasteiger partial charge on any atom is 0.250 e. The first kappa shape index (κ1) is 12.5. The number of nitrogen functional groups attached to an aromatic ring is 1. The van der Waals surface area contributed by atoms with Crippen LogP contribution >= 0.6 is 0 Å². The maximum absolute atomic E-state index is 11.2. The van der Waals surface area contributed by atoms with E-state index in [0.717, 1.165) is 13.0 Å². The predicted molar refractivity (Wildman–Crippen MR) is 78.5 cm³/mol. The maximum atomic E-state index is 11.2. The second kappa shape index (κ2) is 4.85. The van der Waals surface area contributed by atoms with Crippen LogP contribution < -0.4 is 16.8 Å². The molecule has 1 atom stereocenters. The summed E-state index contributed by atoms with van der Waals surface area (Å²) in [5.41, 5.74) is 14.3. The van der Waals surface area contributed by atoms with Gasteiger partial charge in [0.2, 0.25) is 0 Å². The Bertz CT molecular complexity index is 669. The Hall–Kier alpha value is -2.56. The molecule has 5 nitrogen and oxygen atoms in total. The van der Waals surface area contributed by atoms with E-state index in [1.165, 1.54) is 17.3 Å². The monoisotopic (exact) mass is 268 g/mol. The number of aromatic nitrogens is 1. The second-order valence-corrected chi connectivity index (χ2v) is 5.00. The molecule has 0 fully saturated rings. The minimum atomic E-state index is -0.540. The summed E-state index contributed by atoms with van der Waals surface area (Å²) in [5, 5.41) is 3.24. The molecule has 1 amide bonds. The number of hydrogen-bond acceptors (Lipinski definition) is 4. The minimum Gasteiger partial charge on any atom is -0.397 e. The van der Waals surface area contributed by atoms with Crippen molar-refractivity contribution in [1.29, 1.82) is 0 Å². The number of nitrogens with one attached hydrogen (secondary N) is 1.